The van der Waals surface area contributed by atoms with Crippen molar-refractivity contribution in [3.8, 4) is 0 Å². The molecular weight excluding hydrogens is 374 g/mol. The minimum atomic E-state index is -0.300. The number of hydrogen-bond acceptors (Lipinski definition) is 3. The number of carbonyl (C=O) groups excluding carboxylic acids is 1. The highest BCUT2D eigenvalue weighted by atomic mass is 35.5. The molecule has 2 N–H and O–H groups in total. The maximum atomic E-state index is 13.2. The van der Waals surface area contributed by atoms with Crippen LogP contribution in [-0.4, -0.2) is 16.1 Å². The van der Waals surface area contributed by atoms with Crippen LogP contribution in [0.1, 0.15) is 54.2 Å². The molecule has 0 bridgehead atoms. The van der Waals surface area contributed by atoms with Crippen LogP contribution >= 0.6 is 11.6 Å². The molecule has 144 valence electrons. The predicted molar refractivity (Wildman–Crippen MR) is 111 cm³/mol. The molecule has 1 heterocycles. The lowest BCUT2D eigenvalue weighted by molar-refractivity contribution is 0.0908. The van der Waals surface area contributed by atoms with Gasteiger partial charge in [0, 0.05) is 10.4 Å². The number of fused-ring (bicyclic) bond motifs is 1. The number of hydrogen-bond donors (Lipinski definition) is 2. The highest BCUT2D eigenvalue weighted by Gasteiger charge is 2.28. The van der Waals surface area contributed by atoms with E-state index in [1.165, 1.54) is 6.42 Å². The number of amides is 1. The fraction of sp³-hybridized carbons (Fsp3) is 0.318. The van der Waals surface area contributed by atoms with Crippen molar-refractivity contribution in [3.63, 3.8) is 0 Å². The van der Waals surface area contributed by atoms with E-state index in [4.69, 9.17) is 11.6 Å². The van der Waals surface area contributed by atoms with E-state index in [0.29, 0.717) is 21.7 Å². The molecule has 0 aliphatic heterocycles. The number of H-pyrrole nitrogens is 1. The predicted octanol–water partition coefficient (Wildman–Crippen LogP) is 4.63. The summed E-state index contributed by atoms with van der Waals surface area (Å²) in [4.78, 5) is 25.2. The van der Waals surface area contributed by atoms with Crippen molar-refractivity contribution in [3.05, 3.63) is 75.2 Å². The van der Waals surface area contributed by atoms with Crippen LogP contribution in [0.3, 0.4) is 0 Å². The standard InChI is InChI=1S/C22H22ClN3O2/c23-16-10-6-9-15(13-16)19(14-7-2-1-3-8-14)24-22(28)20-17-11-4-5-12-18(17)21(27)26-25-20/h4-6,9-14,19H,1-3,7-8H2,(H,24,28)(H,26,27). The molecule has 1 saturated carbocycles. The Morgan fingerprint density at radius 3 is 2.57 bits per heavy atom. The topological polar surface area (TPSA) is 74.8 Å². The first kappa shape index (κ1) is 18.7. The number of aromatic nitrogens is 2. The second-order valence-electron chi connectivity index (χ2n) is 7.35. The lowest BCUT2D eigenvalue weighted by Crippen LogP contribution is -2.35. The van der Waals surface area contributed by atoms with Crippen LogP contribution in [0.25, 0.3) is 10.8 Å². The molecule has 28 heavy (non-hydrogen) atoms. The van der Waals surface area contributed by atoms with Crippen molar-refractivity contribution in [1.29, 1.82) is 0 Å². The van der Waals surface area contributed by atoms with Gasteiger partial charge in [-0.15, -0.1) is 0 Å². The van der Waals surface area contributed by atoms with E-state index in [9.17, 15) is 9.59 Å². The normalized spacial score (nSPS) is 16.0. The number of rotatable bonds is 4. The van der Waals surface area contributed by atoms with Gasteiger partial charge < -0.3 is 5.32 Å². The molecule has 1 aliphatic rings. The highest BCUT2D eigenvalue weighted by Crippen LogP contribution is 2.35. The first-order chi connectivity index (χ1) is 13.6. The van der Waals surface area contributed by atoms with Gasteiger partial charge in [0.1, 0.15) is 0 Å². The second kappa shape index (κ2) is 8.15. The Morgan fingerprint density at radius 2 is 1.82 bits per heavy atom. The SMILES string of the molecule is O=C(NC(c1cccc(Cl)c1)C1CCCCC1)c1n[nH]c(=O)c2ccccc12. The second-order valence-corrected chi connectivity index (χ2v) is 7.79. The number of carbonyl (C=O) groups is 1. The van der Waals surface area contributed by atoms with Crippen LogP contribution < -0.4 is 10.9 Å². The van der Waals surface area contributed by atoms with E-state index in [0.717, 1.165) is 31.2 Å². The first-order valence-electron chi connectivity index (χ1n) is 9.67. The quantitative estimate of drug-likeness (QED) is 0.676. The van der Waals surface area contributed by atoms with Gasteiger partial charge in [-0.2, -0.15) is 5.10 Å². The number of aromatic amines is 1. The van der Waals surface area contributed by atoms with E-state index >= 15 is 0 Å². The van der Waals surface area contributed by atoms with Gasteiger partial charge >= 0.3 is 0 Å². The molecule has 0 spiro atoms. The van der Waals surface area contributed by atoms with Crippen LogP contribution in [0.2, 0.25) is 5.02 Å². The Hall–Kier alpha value is -2.66. The molecule has 3 aromatic rings. The van der Waals surface area contributed by atoms with Crippen LogP contribution in [0, 0.1) is 5.92 Å². The van der Waals surface area contributed by atoms with Crippen molar-refractivity contribution < 1.29 is 4.79 Å². The third-order valence-electron chi connectivity index (χ3n) is 5.53. The summed E-state index contributed by atoms with van der Waals surface area (Å²) in [5, 5.41) is 11.3. The smallest absolute Gasteiger partial charge is 0.272 e. The summed E-state index contributed by atoms with van der Waals surface area (Å²) >= 11 is 6.21. The Kier molecular flexibility index (Phi) is 5.44. The molecule has 1 atom stereocenters. The van der Waals surface area contributed by atoms with Gasteiger partial charge in [0.05, 0.1) is 11.4 Å². The van der Waals surface area contributed by atoms with Gasteiger partial charge in [0.2, 0.25) is 0 Å². The molecule has 6 heteroatoms. The summed E-state index contributed by atoms with van der Waals surface area (Å²) in [6, 6.07) is 14.5. The Morgan fingerprint density at radius 1 is 1.07 bits per heavy atom. The zero-order chi connectivity index (χ0) is 19.5. The van der Waals surface area contributed by atoms with Crippen LogP contribution in [0.15, 0.2) is 53.3 Å². The summed E-state index contributed by atoms with van der Waals surface area (Å²) in [5.41, 5.74) is 0.935. The zero-order valence-corrected chi connectivity index (χ0v) is 16.2. The number of halogens is 1. The Balaban J connectivity index is 1.70. The monoisotopic (exact) mass is 395 g/mol. The molecule has 0 saturated heterocycles. The lowest BCUT2D eigenvalue weighted by atomic mass is 9.81. The minimum absolute atomic E-state index is 0.140. The van der Waals surface area contributed by atoms with Crippen LogP contribution in [0.4, 0.5) is 0 Å². The molecule has 1 unspecified atom stereocenters. The molecule has 4 rings (SSSR count). The van der Waals surface area contributed by atoms with Gasteiger partial charge in [-0.05, 0) is 42.5 Å². The number of nitrogens with zero attached hydrogens (tertiary/aromatic N) is 1. The van der Waals surface area contributed by atoms with Gasteiger partial charge in [-0.3, -0.25) is 9.59 Å². The fourth-order valence-electron chi connectivity index (χ4n) is 4.14. The minimum Gasteiger partial charge on any atom is -0.344 e. The van der Waals surface area contributed by atoms with Crippen LogP contribution in [-0.2, 0) is 0 Å². The van der Waals surface area contributed by atoms with Gasteiger partial charge in [-0.1, -0.05) is 61.2 Å². The third-order valence-corrected chi connectivity index (χ3v) is 5.76. The summed E-state index contributed by atoms with van der Waals surface area (Å²) in [7, 11) is 0. The lowest BCUT2D eigenvalue weighted by Gasteiger charge is -2.31. The van der Waals surface area contributed by atoms with E-state index < -0.39 is 0 Å². The number of benzene rings is 2. The molecule has 1 aromatic heterocycles. The zero-order valence-electron chi connectivity index (χ0n) is 15.5. The van der Waals surface area contributed by atoms with Gasteiger partial charge in [0.25, 0.3) is 11.5 Å². The summed E-state index contributed by atoms with van der Waals surface area (Å²) in [6.07, 6.45) is 5.70. The Labute approximate surface area is 168 Å². The van der Waals surface area contributed by atoms with Crippen molar-refractivity contribution >= 4 is 28.3 Å². The van der Waals surface area contributed by atoms with Crippen molar-refractivity contribution in [2.75, 3.05) is 0 Å². The fourth-order valence-corrected chi connectivity index (χ4v) is 4.34. The maximum absolute atomic E-state index is 13.2. The average Bonchev–Trinajstić information content (AvgIpc) is 2.73. The van der Waals surface area contributed by atoms with Crippen LogP contribution in [0.5, 0.6) is 0 Å². The highest BCUT2D eigenvalue weighted by molar-refractivity contribution is 6.30. The third kappa shape index (κ3) is 3.80. The molecular formula is C22H22ClN3O2. The molecule has 5 nitrogen and oxygen atoms in total. The van der Waals surface area contributed by atoms with Crippen molar-refractivity contribution in [1.82, 2.24) is 15.5 Å². The average molecular weight is 396 g/mol. The van der Waals surface area contributed by atoms with E-state index in [2.05, 4.69) is 15.5 Å². The maximum Gasteiger partial charge on any atom is 0.272 e. The van der Waals surface area contributed by atoms with Gasteiger partial charge in [-0.25, -0.2) is 5.10 Å². The van der Waals surface area contributed by atoms with Crippen molar-refractivity contribution in [2.45, 2.75) is 38.1 Å². The van der Waals surface area contributed by atoms with E-state index in [1.807, 2.05) is 24.3 Å². The molecule has 0 radical (unpaired) electrons. The van der Waals surface area contributed by atoms with E-state index in [-0.39, 0.29) is 23.2 Å². The summed E-state index contributed by atoms with van der Waals surface area (Å²) in [5.74, 6) is 0.0631. The molecule has 1 fully saturated rings. The van der Waals surface area contributed by atoms with Gasteiger partial charge in [0.15, 0.2) is 5.69 Å². The first-order valence-corrected chi connectivity index (χ1v) is 10.0. The Bertz CT molecular complexity index is 1060. The molecule has 1 amide bonds. The largest absolute Gasteiger partial charge is 0.344 e. The number of nitrogens with one attached hydrogen (secondary N) is 2. The molecule has 1 aliphatic carbocycles. The summed E-state index contributed by atoms with van der Waals surface area (Å²) < 4.78 is 0. The van der Waals surface area contributed by atoms with Crippen molar-refractivity contribution in [2.24, 2.45) is 5.92 Å². The molecule has 2 aromatic carbocycles. The summed E-state index contributed by atoms with van der Waals surface area (Å²) in [6.45, 7) is 0. The van der Waals surface area contributed by atoms with E-state index in [1.54, 1.807) is 24.3 Å².